The zero-order valence-electron chi connectivity index (χ0n) is 19.5. The molecule has 3 aromatic rings. The topological polar surface area (TPSA) is 86.3 Å². The molecule has 3 rings (SSSR count). The maximum atomic E-state index is 12.3. The summed E-state index contributed by atoms with van der Waals surface area (Å²) in [6, 6.07) is 16.0. The van der Waals surface area contributed by atoms with Crippen LogP contribution in [0.25, 0.3) is 18.2 Å². The van der Waals surface area contributed by atoms with Crippen molar-refractivity contribution in [2.75, 3.05) is 33.8 Å². The van der Waals surface area contributed by atoms with E-state index in [2.05, 4.69) is 5.32 Å². The molecule has 34 heavy (non-hydrogen) atoms. The van der Waals surface area contributed by atoms with E-state index in [9.17, 15) is 9.90 Å². The van der Waals surface area contributed by atoms with E-state index in [-0.39, 0.29) is 11.7 Å². The maximum absolute atomic E-state index is 12.3. The predicted octanol–water partition coefficient (Wildman–Crippen LogP) is 5.25. The average Bonchev–Trinajstić information content (AvgIpc) is 2.87. The first kappa shape index (κ1) is 24.3. The first-order valence-corrected chi connectivity index (χ1v) is 10.4. The van der Waals surface area contributed by atoms with Gasteiger partial charge in [0.25, 0.3) is 0 Å². The Labute approximate surface area is 198 Å². The van der Waals surface area contributed by atoms with Crippen molar-refractivity contribution in [1.82, 2.24) is 0 Å². The number of benzene rings is 3. The lowest BCUT2D eigenvalue weighted by Gasteiger charge is -2.12. The Balaban J connectivity index is 1.72. The quantitative estimate of drug-likeness (QED) is 0.257. The number of aromatic hydroxyl groups is 1. The van der Waals surface area contributed by atoms with Crippen LogP contribution in [-0.4, -0.2) is 39.5 Å². The summed E-state index contributed by atoms with van der Waals surface area (Å²) < 4.78 is 21.4. The third kappa shape index (κ3) is 5.89. The van der Waals surface area contributed by atoms with Crippen molar-refractivity contribution in [3.63, 3.8) is 0 Å². The van der Waals surface area contributed by atoms with Crippen LogP contribution in [0.3, 0.4) is 0 Å². The number of hydrogen-bond acceptors (Lipinski definition) is 6. The molecule has 7 heteroatoms. The Bertz CT molecular complexity index is 1190. The smallest absolute Gasteiger partial charge is 0.248 e. The molecule has 0 bridgehead atoms. The summed E-state index contributed by atoms with van der Waals surface area (Å²) in [5, 5.41) is 13.1. The van der Waals surface area contributed by atoms with Gasteiger partial charge in [-0.1, -0.05) is 36.4 Å². The molecule has 0 aromatic heterocycles. The van der Waals surface area contributed by atoms with Gasteiger partial charge < -0.3 is 29.4 Å². The second-order valence-corrected chi connectivity index (χ2v) is 7.13. The number of amides is 1. The van der Waals surface area contributed by atoms with Crippen molar-refractivity contribution in [1.29, 1.82) is 0 Å². The molecule has 0 saturated heterocycles. The molecule has 0 aliphatic carbocycles. The van der Waals surface area contributed by atoms with Gasteiger partial charge in [-0.2, -0.15) is 0 Å². The molecule has 0 fully saturated rings. The average molecular weight is 462 g/mol. The van der Waals surface area contributed by atoms with Crippen LogP contribution in [0.1, 0.15) is 16.7 Å². The molecule has 0 unspecified atom stereocenters. The van der Waals surface area contributed by atoms with Gasteiger partial charge in [0.15, 0.2) is 11.5 Å². The number of carbonyl (C=O) groups is 1. The summed E-state index contributed by atoms with van der Waals surface area (Å²) in [7, 11) is 6.23. The fourth-order valence-electron chi connectivity index (χ4n) is 3.29. The van der Waals surface area contributed by atoms with E-state index in [1.807, 2.05) is 48.6 Å². The minimum atomic E-state index is -0.373. The van der Waals surface area contributed by atoms with Gasteiger partial charge >= 0.3 is 0 Å². The predicted molar refractivity (Wildman–Crippen MR) is 134 cm³/mol. The van der Waals surface area contributed by atoms with E-state index in [4.69, 9.17) is 18.9 Å². The van der Waals surface area contributed by atoms with E-state index in [0.29, 0.717) is 28.7 Å². The Morgan fingerprint density at radius 3 is 2.03 bits per heavy atom. The Hall–Kier alpha value is -4.39. The van der Waals surface area contributed by atoms with E-state index >= 15 is 0 Å². The largest absolute Gasteiger partial charge is 0.506 e. The zero-order chi connectivity index (χ0) is 24.5. The number of phenolic OH excluding ortho intramolecular Hbond substituents is 1. The summed E-state index contributed by atoms with van der Waals surface area (Å²) in [5.41, 5.74) is 2.65. The van der Waals surface area contributed by atoms with Crippen molar-refractivity contribution >= 4 is 29.8 Å². The number of ether oxygens (including phenoxy) is 4. The number of phenols is 1. The minimum Gasteiger partial charge on any atom is -0.506 e. The standard InChI is InChI=1S/C27H27NO6/c1-31-23-8-6-5-7-20(23)12-14-26(30)28-21-13-11-18(15-22(21)29)9-10-19-16-24(32-2)27(34-4)25(17-19)33-3/h5-17,29H,1-4H3,(H,28,30)/b10-9?,14-12+. The Kier molecular flexibility index (Phi) is 8.18. The lowest BCUT2D eigenvalue weighted by atomic mass is 10.1. The molecular formula is C27H27NO6. The van der Waals surface area contributed by atoms with E-state index < -0.39 is 0 Å². The van der Waals surface area contributed by atoms with Crippen LogP contribution in [0.5, 0.6) is 28.7 Å². The number of nitrogens with one attached hydrogen (secondary N) is 1. The van der Waals surface area contributed by atoms with Crippen molar-refractivity contribution in [2.24, 2.45) is 0 Å². The fraction of sp³-hybridized carbons (Fsp3) is 0.148. The highest BCUT2D eigenvalue weighted by Gasteiger charge is 2.12. The van der Waals surface area contributed by atoms with Crippen LogP contribution in [0.15, 0.2) is 60.7 Å². The van der Waals surface area contributed by atoms with Crippen LogP contribution in [0, 0.1) is 0 Å². The van der Waals surface area contributed by atoms with Crippen LogP contribution in [0.4, 0.5) is 5.69 Å². The molecule has 2 N–H and O–H groups in total. The van der Waals surface area contributed by atoms with Gasteiger partial charge in [0, 0.05) is 11.6 Å². The molecule has 176 valence electrons. The molecule has 0 aliphatic heterocycles. The highest BCUT2D eigenvalue weighted by Crippen LogP contribution is 2.38. The second kappa shape index (κ2) is 11.5. The minimum absolute atomic E-state index is 0.0499. The normalized spacial score (nSPS) is 10.9. The van der Waals surface area contributed by atoms with Gasteiger partial charge in [0.05, 0.1) is 34.1 Å². The van der Waals surface area contributed by atoms with Gasteiger partial charge in [-0.25, -0.2) is 0 Å². The summed E-state index contributed by atoms with van der Waals surface area (Å²) in [5.74, 6) is 1.84. The summed E-state index contributed by atoms with van der Waals surface area (Å²) in [6.07, 6.45) is 6.72. The molecule has 0 aliphatic rings. The number of hydrogen-bond donors (Lipinski definition) is 2. The number of methoxy groups -OCH3 is 4. The Morgan fingerprint density at radius 2 is 1.41 bits per heavy atom. The highest BCUT2D eigenvalue weighted by atomic mass is 16.5. The van der Waals surface area contributed by atoms with Gasteiger partial charge in [0.1, 0.15) is 11.5 Å². The number of carbonyl (C=O) groups excluding carboxylic acids is 1. The van der Waals surface area contributed by atoms with Crippen LogP contribution in [-0.2, 0) is 4.79 Å². The maximum Gasteiger partial charge on any atom is 0.248 e. The number of anilines is 1. The van der Waals surface area contributed by atoms with Gasteiger partial charge in [0.2, 0.25) is 11.7 Å². The van der Waals surface area contributed by atoms with Gasteiger partial charge in [-0.3, -0.25) is 4.79 Å². The third-order valence-corrected chi connectivity index (χ3v) is 4.99. The first-order chi connectivity index (χ1) is 16.5. The monoisotopic (exact) mass is 461 g/mol. The van der Waals surface area contributed by atoms with Crippen LogP contribution >= 0.6 is 0 Å². The molecule has 0 heterocycles. The highest BCUT2D eigenvalue weighted by molar-refractivity contribution is 6.03. The van der Waals surface area contributed by atoms with Crippen molar-refractivity contribution < 1.29 is 28.8 Å². The summed E-state index contributed by atoms with van der Waals surface area (Å²) in [4.78, 5) is 12.3. The third-order valence-electron chi connectivity index (χ3n) is 4.99. The lowest BCUT2D eigenvalue weighted by molar-refractivity contribution is -0.111. The SMILES string of the molecule is COc1ccccc1/C=C/C(=O)Nc1ccc(C=Cc2cc(OC)c(OC)c(OC)c2)cc1O. The van der Waals surface area contributed by atoms with E-state index in [1.54, 1.807) is 52.7 Å². The molecular weight excluding hydrogens is 434 g/mol. The van der Waals surface area contributed by atoms with Crippen molar-refractivity contribution in [2.45, 2.75) is 0 Å². The van der Waals surface area contributed by atoms with E-state index in [1.165, 1.54) is 6.08 Å². The summed E-state index contributed by atoms with van der Waals surface area (Å²) in [6.45, 7) is 0. The molecule has 0 spiro atoms. The number of rotatable bonds is 9. The Morgan fingerprint density at radius 1 is 0.765 bits per heavy atom. The number of para-hydroxylation sites is 1. The molecule has 3 aromatic carbocycles. The molecule has 1 amide bonds. The molecule has 0 saturated carbocycles. The molecule has 0 atom stereocenters. The van der Waals surface area contributed by atoms with Gasteiger partial charge in [-0.15, -0.1) is 0 Å². The molecule has 7 nitrogen and oxygen atoms in total. The zero-order valence-corrected chi connectivity index (χ0v) is 19.5. The van der Waals surface area contributed by atoms with Crippen molar-refractivity contribution in [3.05, 3.63) is 77.4 Å². The van der Waals surface area contributed by atoms with Gasteiger partial charge in [-0.05, 0) is 47.5 Å². The summed E-state index contributed by atoms with van der Waals surface area (Å²) >= 11 is 0. The first-order valence-electron chi connectivity index (χ1n) is 10.4. The van der Waals surface area contributed by atoms with Crippen LogP contribution in [0.2, 0.25) is 0 Å². The van der Waals surface area contributed by atoms with Crippen molar-refractivity contribution in [3.8, 4) is 28.7 Å². The molecule has 0 radical (unpaired) electrons. The van der Waals surface area contributed by atoms with E-state index in [0.717, 1.165) is 16.7 Å². The van der Waals surface area contributed by atoms with Crippen LogP contribution < -0.4 is 24.3 Å². The fourth-order valence-corrected chi connectivity index (χ4v) is 3.29. The second-order valence-electron chi connectivity index (χ2n) is 7.13. The lowest BCUT2D eigenvalue weighted by Crippen LogP contribution is -2.07.